The van der Waals surface area contributed by atoms with Crippen molar-refractivity contribution in [1.82, 2.24) is 9.55 Å². The van der Waals surface area contributed by atoms with E-state index >= 15 is 0 Å². The van der Waals surface area contributed by atoms with E-state index < -0.39 is 5.97 Å². The van der Waals surface area contributed by atoms with E-state index in [0.717, 1.165) is 16.9 Å². The predicted octanol–water partition coefficient (Wildman–Crippen LogP) is 4.00. The average molecular weight is 546 g/mol. The number of oxime groups is 1. The largest absolute Gasteiger partial charge is 0.497 e. The third kappa shape index (κ3) is 7.16. The number of carbonyl (C=O) groups excluding carboxylic acids is 1. The maximum absolute atomic E-state index is 13.3. The number of fused-ring (bicyclic) bond motifs is 1. The van der Waals surface area contributed by atoms with Crippen LogP contribution in [0.4, 0.5) is 0 Å². The van der Waals surface area contributed by atoms with Crippen molar-refractivity contribution in [3.05, 3.63) is 94.0 Å². The van der Waals surface area contributed by atoms with Crippen molar-refractivity contribution < 1.29 is 28.6 Å². The lowest BCUT2D eigenvalue weighted by molar-refractivity contribution is -0.149. The van der Waals surface area contributed by atoms with Gasteiger partial charge in [-0.3, -0.25) is 9.36 Å². The molecular weight excluding hydrogens is 514 g/mol. The quantitative estimate of drug-likeness (QED) is 0.107. The number of ether oxygens (including phenoxy) is 4. The minimum Gasteiger partial charge on any atom is -0.497 e. The smallest absolute Gasteiger partial charge is 0.347 e. The summed E-state index contributed by atoms with van der Waals surface area (Å²) < 4.78 is 22.8. The molecule has 0 saturated heterocycles. The SMILES string of the molecule is COc1ccc(C=NOCC(=O)OCCCn2c(Cc3ccc(OC)c(OC)c3)nc3ccccc3c2=O)cc1. The number of esters is 1. The molecule has 0 aliphatic rings. The first kappa shape index (κ1) is 28.2. The van der Waals surface area contributed by atoms with Crippen LogP contribution in [0.2, 0.25) is 0 Å². The van der Waals surface area contributed by atoms with Crippen molar-refractivity contribution in [2.75, 3.05) is 34.5 Å². The van der Waals surface area contributed by atoms with E-state index in [4.69, 9.17) is 28.8 Å². The van der Waals surface area contributed by atoms with Crippen LogP contribution in [-0.4, -0.2) is 56.3 Å². The molecular formula is C30H31N3O7. The molecule has 208 valence electrons. The lowest BCUT2D eigenvalue weighted by Gasteiger charge is -2.15. The minimum absolute atomic E-state index is 0.111. The first-order valence-electron chi connectivity index (χ1n) is 12.7. The van der Waals surface area contributed by atoms with Crippen LogP contribution in [0.25, 0.3) is 10.9 Å². The third-order valence-corrected chi connectivity index (χ3v) is 6.11. The molecule has 0 fully saturated rings. The first-order chi connectivity index (χ1) is 19.5. The van der Waals surface area contributed by atoms with Gasteiger partial charge in [0.1, 0.15) is 11.6 Å². The number of benzene rings is 3. The first-order valence-corrected chi connectivity index (χ1v) is 12.7. The van der Waals surface area contributed by atoms with Gasteiger partial charge in [0.2, 0.25) is 6.61 Å². The number of rotatable bonds is 13. The molecule has 10 nitrogen and oxygen atoms in total. The molecule has 0 unspecified atom stereocenters. The molecule has 0 atom stereocenters. The molecule has 3 aromatic carbocycles. The lowest BCUT2D eigenvalue weighted by Crippen LogP contribution is -2.26. The van der Waals surface area contributed by atoms with E-state index in [-0.39, 0.29) is 18.8 Å². The van der Waals surface area contributed by atoms with Gasteiger partial charge in [0.25, 0.3) is 5.56 Å². The van der Waals surface area contributed by atoms with E-state index in [9.17, 15) is 9.59 Å². The summed E-state index contributed by atoms with van der Waals surface area (Å²) in [6.07, 6.45) is 2.31. The number of hydrogen-bond donors (Lipinski definition) is 0. The van der Waals surface area contributed by atoms with Crippen LogP contribution in [0.3, 0.4) is 0 Å². The summed E-state index contributed by atoms with van der Waals surface area (Å²) in [5.74, 6) is 1.99. The van der Waals surface area contributed by atoms with Crippen molar-refractivity contribution in [1.29, 1.82) is 0 Å². The molecule has 0 spiro atoms. The molecule has 10 heteroatoms. The normalized spacial score (nSPS) is 11.0. The maximum Gasteiger partial charge on any atom is 0.347 e. The Morgan fingerprint density at radius 1 is 0.950 bits per heavy atom. The van der Waals surface area contributed by atoms with E-state index in [1.54, 1.807) is 44.1 Å². The monoisotopic (exact) mass is 545 g/mol. The van der Waals surface area contributed by atoms with Crippen molar-refractivity contribution in [2.45, 2.75) is 19.4 Å². The lowest BCUT2D eigenvalue weighted by atomic mass is 10.1. The zero-order valence-electron chi connectivity index (χ0n) is 22.7. The molecule has 0 saturated carbocycles. The van der Waals surface area contributed by atoms with E-state index in [0.29, 0.717) is 47.6 Å². The summed E-state index contributed by atoms with van der Waals surface area (Å²) in [6, 6.07) is 20.0. The molecule has 0 aliphatic heterocycles. The molecule has 0 aliphatic carbocycles. The van der Waals surface area contributed by atoms with Crippen LogP contribution in [-0.2, 0) is 27.3 Å². The van der Waals surface area contributed by atoms with Crippen molar-refractivity contribution in [3.63, 3.8) is 0 Å². The molecule has 0 radical (unpaired) electrons. The molecule has 0 amide bonds. The fraction of sp³-hybridized carbons (Fsp3) is 0.267. The van der Waals surface area contributed by atoms with Crippen LogP contribution in [0.5, 0.6) is 17.2 Å². The Labute approximate surface area is 231 Å². The zero-order valence-corrected chi connectivity index (χ0v) is 22.7. The van der Waals surface area contributed by atoms with Gasteiger partial charge in [0.05, 0.1) is 45.1 Å². The van der Waals surface area contributed by atoms with Crippen LogP contribution in [0, 0.1) is 0 Å². The van der Waals surface area contributed by atoms with Crippen LogP contribution >= 0.6 is 0 Å². The summed E-state index contributed by atoms with van der Waals surface area (Å²) in [5, 5.41) is 4.32. The Hall–Kier alpha value is -4.86. The van der Waals surface area contributed by atoms with Crippen molar-refractivity contribution >= 4 is 23.1 Å². The highest BCUT2D eigenvalue weighted by Crippen LogP contribution is 2.28. The fourth-order valence-corrected chi connectivity index (χ4v) is 4.08. The number of hydrogen-bond acceptors (Lipinski definition) is 9. The van der Waals surface area contributed by atoms with Gasteiger partial charge in [-0.05, 0) is 66.1 Å². The Morgan fingerprint density at radius 3 is 2.48 bits per heavy atom. The Bertz CT molecular complexity index is 1530. The molecule has 1 aromatic heterocycles. The van der Waals surface area contributed by atoms with Gasteiger partial charge in [-0.1, -0.05) is 23.4 Å². The number of carbonyl (C=O) groups is 1. The maximum atomic E-state index is 13.3. The summed E-state index contributed by atoms with van der Waals surface area (Å²) in [5.41, 5.74) is 2.18. The highest BCUT2D eigenvalue weighted by molar-refractivity contribution is 5.79. The molecule has 4 rings (SSSR count). The second-order valence-corrected chi connectivity index (χ2v) is 8.72. The van der Waals surface area contributed by atoms with Gasteiger partial charge in [0.15, 0.2) is 11.5 Å². The van der Waals surface area contributed by atoms with Crippen LogP contribution in [0.1, 0.15) is 23.4 Å². The molecule has 40 heavy (non-hydrogen) atoms. The topological polar surface area (TPSA) is 110 Å². The standard InChI is InChI=1S/C30H31N3O7/c1-36-23-12-9-21(10-13-23)19-31-40-20-29(34)39-16-6-15-33-28(32-25-8-5-4-7-24(25)30(33)35)18-22-11-14-26(37-2)27(17-22)38-3/h4-5,7-14,17,19H,6,15-16,18,20H2,1-3H3. The highest BCUT2D eigenvalue weighted by Gasteiger charge is 2.14. The van der Waals surface area contributed by atoms with Crippen molar-refractivity contribution in [2.24, 2.45) is 5.16 Å². The van der Waals surface area contributed by atoms with Gasteiger partial charge >= 0.3 is 5.97 Å². The van der Waals surface area contributed by atoms with Gasteiger partial charge in [0, 0.05) is 13.0 Å². The zero-order chi connectivity index (χ0) is 28.3. The Balaban J connectivity index is 1.36. The number of aromatic nitrogens is 2. The fourth-order valence-electron chi connectivity index (χ4n) is 4.08. The Kier molecular flexibility index (Phi) is 9.71. The predicted molar refractivity (Wildman–Crippen MR) is 150 cm³/mol. The summed E-state index contributed by atoms with van der Waals surface area (Å²) in [6.45, 7) is 0.108. The van der Waals surface area contributed by atoms with Gasteiger partial charge in [-0.15, -0.1) is 0 Å². The third-order valence-electron chi connectivity index (χ3n) is 6.11. The second-order valence-electron chi connectivity index (χ2n) is 8.72. The second kappa shape index (κ2) is 13.8. The number of nitrogens with zero attached hydrogens (tertiary/aromatic N) is 3. The van der Waals surface area contributed by atoms with Crippen molar-refractivity contribution in [3.8, 4) is 17.2 Å². The average Bonchev–Trinajstić information content (AvgIpc) is 2.99. The molecule has 0 N–H and O–H groups in total. The molecule has 1 heterocycles. The molecule has 4 aromatic rings. The minimum atomic E-state index is -0.554. The summed E-state index contributed by atoms with van der Waals surface area (Å²) >= 11 is 0. The van der Waals surface area contributed by atoms with E-state index in [2.05, 4.69) is 5.16 Å². The molecule has 0 bridgehead atoms. The number of methoxy groups -OCH3 is 3. The van der Waals surface area contributed by atoms with Gasteiger partial charge < -0.3 is 23.8 Å². The van der Waals surface area contributed by atoms with Gasteiger partial charge in [-0.2, -0.15) is 0 Å². The summed E-state index contributed by atoms with van der Waals surface area (Å²) in [4.78, 5) is 35.2. The van der Waals surface area contributed by atoms with Crippen LogP contribution < -0.4 is 19.8 Å². The van der Waals surface area contributed by atoms with Crippen LogP contribution in [0.15, 0.2) is 76.7 Å². The summed E-state index contributed by atoms with van der Waals surface area (Å²) in [7, 11) is 4.74. The highest BCUT2D eigenvalue weighted by atomic mass is 16.6. The van der Waals surface area contributed by atoms with E-state index in [1.165, 1.54) is 6.21 Å². The number of para-hydroxylation sites is 1. The Morgan fingerprint density at radius 2 is 1.73 bits per heavy atom. The van der Waals surface area contributed by atoms with E-state index in [1.807, 2.05) is 48.5 Å². The van der Waals surface area contributed by atoms with Gasteiger partial charge in [-0.25, -0.2) is 9.78 Å².